The fourth-order valence-corrected chi connectivity index (χ4v) is 2.37. The van der Waals surface area contributed by atoms with Gasteiger partial charge < -0.3 is 9.84 Å². The number of carbonyl (C=O) groups is 1. The lowest BCUT2D eigenvalue weighted by molar-refractivity contribution is 0.0937. The zero-order valence-electron chi connectivity index (χ0n) is 12.4. The van der Waals surface area contributed by atoms with Gasteiger partial charge in [-0.3, -0.25) is 4.79 Å². The standard InChI is InChI=1S/C16H20N2O2/c1-5-14-15(12(4)20-18-14)16(19)17-11(3)13-9-7-6-8-10(13)2/h6-9,11H,5H2,1-4H3,(H,17,19). The summed E-state index contributed by atoms with van der Waals surface area (Å²) >= 11 is 0. The summed E-state index contributed by atoms with van der Waals surface area (Å²) in [5.74, 6) is 0.438. The summed E-state index contributed by atoms with van der Waals surface area (Å²) in [4.78, 5) is 12.4. The van der Waals surface area contributed by atoms with Gasteiger partial charge in [-0.25, -0.2) is 0 Å². The van der Waals surface area contributed by atoms with Gasteiger partial charge >= 0.3 is 0 Å². The lowest BCUT2D eigenvalue weighted by Gasteiger charge is -2.16. The molecule has 0 saturated heterocycles. The van der Waals surface area contributed by atoms with Crippen molar-refractivity contribution in [3.05, 3.63) is 52.4 Å². The number of benzene rings is 1. The van der Waals surface area contributed by atoms with Crippen molar-refractivity contribution in [2.24, 2.45) is 0 Å². The third kappa shape index (κ3) is 2.74. The Morgan fingerprint density at radius 2 is 2.05 bits per heavy atom. The van der Waals surface area contributed by atoms with Crippen LogP contribution in [0.1, 0.15) is 52.8 Å². The van der Waals surface area contributed by atoms with Gasteiger partial charge in [0.2, 0.25) is 0 Å². The van der Waals surface area contributed by atoms with Crippen molar-refractivity contribution in [2.75, 3.05) is 0 Å². The van der Waals surface area contributed by atoms with Gasteiger partial charge in [0.25, 0.3) is 5.91 Å². The number of rotatable bonds is 4. The van der Waals surface area contributed by atoms with Crippen LogP contribution >= 0.6 is 0 Å². The van der Waals surface area contributed by atoms with E-state index in [1.807, 2.05) is 45.0 Å². The zero-order chi connectivity index (χ0) is 14.7. The molecule has 1 N–H and O–H groups in total. The molecule has 1 aromatic carbocycles. The lowest BCUT2D eigenvalue weighted by Crippen LogP contribution is -2.28. The van der Waals surface area contributed by atoms with Crippen LogP contribution in [0.2, 0.25) is 0 Å². The van der Waals surface area contributed by atoms with Crippen LogP contribution in [0, 0.1) is 13.8 Å². The molecule has 1 unspecified atom stereocenters. The van der Waals surface area contributed by atoms with E-state index in [1.165, 1.54) is 0 Å². The van der Waals surface area contributed by atoms with Crippen LogP contribution in [0.4, 0.5) is 0 Å². The highest BCUT2D eigenvalue weighted by molar-refractivity contribution is 5.96. The molecule has 0 spiro atoms. The van der Waals surface area contributed by atoms with Crippen molar-refractivity contribution in [3.8, 4) is 0 Å². The summed E-state index contributed by atoms with van der Waals surface area (Å²) in [6, 6.07) is 7.99. The largest absolute Gasteiger partial charge is 0.361 e. The third-order valence-corrected chi connectivity index (χ3v) is 3.50. The molecular formula is C16H20N2O2. The summed E-state index contributed by atoms with van der Waals surface area (Å²) in [5.41, 5.74) is 3.55. The highest BCUT2D eigenvalue weighted by Crippen LogP contribution is 2.19. The van der Waals surface area contributed by atoms with Crippen molar-refractivity contribution in [1.82, 2.24) is 10.5 Å². The van der Waals surface area contributed by atoms with Crippen LogP contribution in [-0.4, -0.2) is 11.1 Å². The highest BCUT2D eigenvalue weighted by atomic mass is 16.5. The number of amides is 1. The van der Waals surface area contributed by atoms with Gasteiger partial charge in [-0.1, -0.05) is 36.3 Å². The molecule has 1 atom stereocenters. The Balaban J connectivity index is 2.20. The van der Waals surface area contributed by atoms with Gasteiger partial charge in [0, 0.05) is 0 Å². The predicted octanol–water partition coefficient (Wildman–Crippen LogP) is 3.34. The fourth-order valence-electron chi connectivity index (χ4n) is 2.37. The molecule has 0 aliphatic rings. The van der Waals surface area contributed by atoms with Crippen LogP contribution < -0.4 is 5.32 Å². The third-order valence-electron chi connectivity index (χ3n) is 3.50. The van der Waals surface area contributed by atoms with Crippen LogP contribution in [0.15, 0.2) is 28.8 Å². The molecule has 4 nitrogen and oxygen atoms in total. The maximum atomic E-state index is 12.4. The molecule has 2 rings (SSSR count). The van der Waals surface area contributed by atoms with Crippen LogP contribution in [-0.2, 0) is 6.42 Å². The molecule has 0 aliphatic carbocycles. The number of hydrogen-bond acceptors (Lipinski definition) is 3. The highest BCUT2D eigenvalue weighted by Gasteiger charge is 2.21. The SMILES string of the molecule is CCc1noc(C)c1C(=O)NC(C)c1ccccc1C. The fraction of sp³-hybridized carbons (Fsp3) is 0.375. The van der Waals surface area contributed by atoms with E-state index in [2.05, 4.69) is 10.5 Å². The van der Waals surface area contributed by atoms with Gasteiger partial charge in [0.15, 0.2) is 0 Å². The molecular weight excluding hydrogens is 252 g/mol. The monoisotopic (exact) mass is 272 g/mol. The average Bonchev–Trinajstić information content (AvgIpc) is 2.80. The van der Waals surface area contributed by atoms with Crippen molar-refractivity contribution >= 4 is 5.91 Å². The molecule has 4 heteroatoms. The van der Waals surface area contributed by atoms with Crippen molar-refractivity contribution in [3.63, 3.8) is 0 Å². The Bertz CT molecular complexity index is 617. The van der Waals surface area contributed by atoms with Crippen molar-refractivity contribution in [1.29, 1.82) is 0 Å². The first-order valence-electron chi connectivity index (χ1n) is 6.86. The number of nitrogens with one attached hydrogen (secondary N) is 1. The Morgan fingerprint density at radius 3 is 2.70 bits per heavy atom. The maximum absolute atomic E-state index is 12.4. The average molecular weight is 272 g/mol. The summed E-state index contributed by atoms with van der Waals surface area (Å²) in [6.07, 6.45) is 0.679. The molecule has 1 aromatic heterocycles. The number of aromatic nitrogens is 1. The second kappa shape index (κ2) is 5.90. The molecule has 1 heterocycles. The molecule has 1 amide bonds. The molecule has 106 valence electrons. The zero-order valence-corrected chi connectivity index (χ0v) is 12.4. The summed E-state index contributed by atoms with van der Waals surface area (Å²) in [7, 11) is 0. The van der Waals surface area contributed by atoms with Crippen LogP contribution in [0.3, 0.4) is 0 Å². The molecule has 0 radical (unpaired) electrons. The van der Waals surface area contributed by atoms with Gasteiger partial charge in [0.05, 0.1) is 11.7 Å². The predicted molar refractivity (Wildman–Crippen MR) is 77.7 cm³/mol. The minimum Gasteiger partial charge on any atom is -0.361 e. The Hall–Kier alpha value is -2.10. The smallest absolute Gasteiger partial charge is 0.257 e. The first-order valence-corrected chi connectivity index (χ1v) is 6.86. The van der Waals surface area contributed by atoms with Gasteiger partial charge in [-0.15, -0.1) is 0 Å². The van der Waals surface area contributed by atoms with E-state index in [9.17, 15) is 4.79 Å². The van der Waals surface area contributed by atoms with Crippen molar-refractivity contribution in [2.45, 2.75) is 40.2 Å². The summed E-state index contributed by atoms with van der Waals surface area (Å²) in [6.45, 7) is 7.74. The van der Waals surface area contributed by atoms with Gasteiger partial charge in [-0.05, 0) is 38.3 Å². The summed E-state index contributed by atoms with van der Waals surface area (Å²) in [5, 5.41) is 6.93. The number of carbonyl (C=O) groups excluding carboxylic acids is 1. The van der Waals surface area contributed by atoms with E-state index in [0.29, 0.717) is 23.4 Å². The van der Waals surface area contributed by atoms with E-state index in [0.717, 1.165) is 11.1 Å². The first kappa shape index (κ1) is 14.3. The molecule has 20 heavy (non-hydrogen) atoms. The lowest BCUT2D eigenvalue weighted by atomic mass is 10.0. The first-order chi connectivity index (χ1) is 9.54. The molecule has 0 bridgehead atoms. The van der Waals surface area contributed by atoms with E-state index in [1.54, 1.807) is 6.92 Å². The minimum atomic E-state index is -0.128. The van der Waals surface area contributed by atoms with E-state index >= 15 is 0 Å². The Morgan fingerprint density at radius 1 is 1.35 bits per heavy atom. The van der Waals surface area contributed by atoms with E-state index < -0.39 is 0 Å². The Labute approximate surface area is 119 Å². The maximum Gasteiger partial charge on any atom is 0.257 e. The summed E-state index contributed by atoms with van der Waals surface area (Å²) < 4.78 is 5.11. The molecule has 0 fully saturated rings. The minimum absolute atomic E-state index is 0.0530. The van der Waals surface area contributed by atoms with E-state index in [-0.39, 0.29) is 11.9 Å². The molecule has 0 saturated carbocycles. The Kier molecular flexibility index (Phi) is 4.23. The van der Waals surface area contributed by atoms with Crippen LogP contribution in [0.5, 0.6) is 0 Å². The van der Waals surface area contributed by atoms with Crippen molar-refractivity contribution < 1.29 is 9.32 Å². The molecule has 0 aliphatic heterocycles. The van der Waals surface area contributed by atoms with Crippen LogP contribution in [0.25, 0.3) is 0 Å². The van der Waals surface area contributed by atoms with Gasteiger partial charge in [-0.2, -0.15) is 0 Å². The van der Waals surface area contributed by atoms with E-state index in [4.69, 9.17) is 4.52 Å². The topological polar surface area (TPSA) is 55.1 Å². The number of nitrogens with zero attached hydrogens (tertiary/aromatic N) is 1. The number of hydrogen-bond donors (Lipinski definition) is 1. The second-order valence-corrected chi connectivity index (χ2v) is 4.97. The quantitative estimate of drug-likeness (QED) is 0.928. The van der Waals surface area contributed by atoms with Gasteiger partial charge in [0.1, 0.15) is 11.3 Å². The molecule has 2 aromatic rings. The second-order valence-electron chi connectivity index (χ2n) is 4.97. The normalized spacial score (nSPS) is 12.2. The number of aryl methyl sites for hydroxylation is 3.